The van der Waals surface area contributed by atoms with E-state index in [9.17, 15) is 9.90 Å². The molecule has 1 aliphatic heterocycles. The molecular formula is C29H49N3O4. The van der Waals surface area contributed by atoms with Crippen molar-refractivity contribution < 1.29 is 19.4 Å². The number of hydrogen-bond acceptors (Lipinski definition) is 7. The lowest BCUT2D eigenvalue weighted by Gasteiger charge is -2.49. The van der Waals surface area contributed by atoms with Gasteiger partial charge >= 0.3 is 5.97 Å². The second-order valence-electron chi connectivity index (χ2n) is 11.2. The van der Waals surface area contributed by atoms with E-state index >= 15 is 0 Å². The highest BCUT2D eigenvalue weighted by atomic mass is 16.6. The van der Waals surface area contributed by atoms with Crippen molar-refractivity contribution in [3.05, 3.63) is 36.0 Å². The van der Waals surface area contributed by atoms with E-state index in [0.29, 0.717) is 24.9 Å². The number of ether oxygens (including phenoxy) is 2. The van der Waals surface area contributed by atoms with Crippen LogP contribution < -0.4 is 16.0 Å². The molecule has 2 saturated carbocycles. The minimum atomic E-state index is -0.515. The maximum Gasteiger partial charge on any atom is 0.332 e. The summed E-state index contributed by atoms with van der Waals surface area (Å²) in [5.74, 6) is 1.66. The van der Waals surface area contributed by atoms with Crippen LogP contribution in [0.3, 0.4) is 0 Å². The van der Waals surface area contributed by atoms with Crippen LogP contribution >= 0.6 is 0 Å². The van der Waals surface area contributed by atoms with Gasteiger partial charge in [-0.25, -0.2) is 4.79 Å². The molecule has 0 radical (unpaired) electrons. The van der Waals surface area contributed by atoms with Crippen LogP contribution in [0.25, 0.3) is 0 Å². The van der Waals surface area contributed by atoms with Gasteiger partial charge in [0.1, 0.15) is 6.61 Å². The highest BCUT2D eigenvalue weighted by molar-refractivity contribution is 5.70. The number of rotatable bonds is 9. The Hall–Kier alpha value is -1.51. The Kier molecular flexibility index (Phi) is 11.2. The number of allylic oxidation sites excluding steroid dienone is 3. The smallest absolute Gasteiger partial charge is 0.332 e. The predicted octanol–water partition coefficient (Wildman–Crippen LogP) is 4.01. The molecule has 3 fully saturated rings. The highest BCUT2D eigenvalue weighted by Crippen LogP contribution is 2.37. The largest absolute Gasteiger partial charge is 0.464 e. The number of carbonyl (C=O) groups is 1. The fourth-order valence-corrected chi connectivity index (χ4v) is 6.23. The van der Waals surface area contributed by atoms with Gasteiger partial charge in [0.25, 0.3) is 0 Å². The average molecular weight is 504 g/mol. The summed E-state index contributed by atoms with van der Waals surface area (Å²) in [5, 5.41) is 22.6. The zero-order valence-corrected chi connectivity index (χ0v) is 23.0. The van der Waals surface area contributed by atoms with Crippen molar-refractivity contribution in [2.24, 2.45) is 23.7 Å². The molecular weight excluding hydrogens is 454 g/mol. The number of hydrogen-bond donors (Lipinski definition) is 4. The van der Waals surface area contributed by atoms with Crippen molar-refractivity contribution in [2.75, 3.05) is 13.2 Å². The van der Waals surface area contributed by atoms with E-state index in [1.165, 1.54) is 24.8 Å². The van der Waals surface area contributed by atoms with Crippen molar-refractivity contribution >= 4 is 5.97 Å². The first kappa shape index (κ1) is 29.1. The summed E-state index contributed by atoms with van der Waals surface area (Å²) in [7, 11) is 0. The third-order valence-corrected chi connectivity index (χ3v) is 8.20. The first-order chi connectivity index (χ1) is 17.2. The maximum absolute atomic E-state index is 11.7. The van der Waals surface area contributed by atoms with Gasteiger partial charge in [0.15, 0.2) is 0 Å². The van der Waals surface area contributed by atoms with Gasteiger partial charge in [0.2, 0.25) is 0 Å². The van der Waals surface area contributed by atoms with E-state index in [0.717, 1.165) is 24.3 Å². The van der Waals surface area contributed by atoms with Gasteiger partial charge in [-0.1, -0.05) is 50.6 Å². The Bertz CT molecular complexity index is 797. The van der Waals surface area contributed by atoms with E-state index in [2.05, 4.69) is 61.5 Å². The van der Waals surface area contributed by atoms with Crippen LogP contribution in [0.1, 0.15) is 73.1 Å². The zero-order chi connectivity index (χ0) is 26.2. The predicted molar refractivity (Wildman–Crippen MR) is 144 cm³/mol. The molecule has 1 saturated heterocycles. The van der Waals surface area contributed by atoms with Crippen molar-refractivity contribution in [1.82, 2.24) is 16.0 Å². The van der Waals surface area contributed by atoms with Gasteiger partial charge in [-0.2, -0.15) is 0 Å². The Morgan fingerprint density at radius 2 is 1.72 bits per heavy atom. The monoisotopic (exact) mass is 503 g/mol. The summed E-state index contributed by atoms with van der Waals surface area (Å²) < 4.78 is 10.7. The second-order valence-corrected chi connectivity index (χ2v) is 11.2. The Morgan fingerprint density at radius 3 is 2.33 bits per heavy atom. The number of nitrogens with one attached hydrogen (secondary N) is 3. The summed E-state index contributed by atoms with van der Waals surface area (Å²) in [6.45, 7) is 14.9. The molecule has 9 atom stereocenters. The average Bonchev–Trinajstić information content (AvgIpc) is 2.83. The van der Waals surface area contributed by atoms with E-state index < -0.39 is 6.10 Å². The van der Waals surface area contributed by atoms with Crippen molar-refractivity contribution in [2.45, 2.75) is 104 Å². The van der Waals surface area contributed by atoms with Gasteiger partial charge in [-0.3, -0.25) is 16.0 Å². The van der Waals surface area contributed by atoms with E-state index in [4.69, 9.17) is 9.47 Å². The summed E-state index contributed by atoms with van der Waals surface area (Å²) in [4.78, 5) is 11.7. The molecule has 7 heteroatoms. The maximum atomic E-state index is 11.7. The first-order valence-electron chi connectivity index (χ1n) is 13.9. The van der Waals surface area contributed by atoms with Gasteiger partial charge in [-0.15, -0.1) is 0 Å². The Morgan fingerprint density at radius 1 is 1.03 bits per heavy atom. The standard InChI is InChI=1S/C29H49N3O4/c1-7-21(11-9-18(3)4)27-30-28(23-13-10-19(5)15-20(23)6)32-29(31-27)24-14-12-22(16-25(24)33)36-17-26(34)35-8-2/h7,9,11,19-20,22-25,27-33H,3,8,10,12-17H2,1-2,4-6H3/b11-9-,21-7-. The molecule has 2 aliphatic carbocycles. The lowest BCUT2D eigenvalue weighted by atomic mass is 9.73. The summed E-state index contributed by atoms with van der Waals surface area (Å²) in [6, 6.07) is 0. The number of carbonyl (C=O) groups excluding carboxylic acids is 1. The third kappa shape index (κ3) is 7.99. The van der Waals surface area contributed by atoms with Gasteiger partial charge in [-0.05, 0) is 76.2 Å². The van der Waals surface area contributed by atoms with Crippen LogP contribution in [0, 0.1) is 23.7 Å². The molecule has 0 spiro atoms. The molecule has 3 aliphatic rings. The van der Waals surface area contributed by atoms with Crippen LogP contribution in [0.15, 0.2) is 36.0 Å². The van der Waals surface area contributed by atoms with Crippen LogP contribution in [-0.4, -0.2) is 55.0 Å². The molecule has 4 N–H and O–H groups in total. The summed E-state index contributed by atoms with van der Waals surface area (Å²) in [5.41, 5.74) is 2.19. The molecule has 1 heterocycles. The molecule has 0 aromatic rings. The normalized spacial score (nSPS) is 38.2. The summed E-state index contributed by atoms with van der Waals surface area (Å²) >= 11 is 0. The Balaban J connectivity index is 1.71. The minimum absolute atomic E-state index is 0.0154. The van der Waals surface area contributed by atoms with E-state index in [1.54, 1.807) is 6.92 Å². The van der Waals surface area contributed by atoms with Gasteiger partial charge < -0.3 is 14.6 Å². The van der Waals surface area contributed by atoms with E-state index in [1.807, 2.05) is 6.92 Å². The highest BCUT2D eigenvalue weighted by Gasteiger charge is 2.42. The first-order valence-corrected chi connectivity index (χ1v) is 13.9. The molecule has 0 aromatic carbocycles. The van der Waals surface area contributed by atoms with Crippen molar-refractivity contribution in [3.63, 3.8) is 0 Å². The molecule has 36 heavy (non-hydrogen) atoms. The molecule has 7 nitrogen and oxygen atoms in total. The third-order valence-electron chi connectivity index (χ3n) is 8.20. The van der Waals surface area contributed by atoms with Gasteiger partial charge in [0, 0.05) is 5.92 Å². The van der Waals surface area contributed by atoms with Crippen LogP contribution in [0.5, 0.6) is 0 Å². The fourth-order valence-electron chi connectivity index (χ4n) is 6.23. The van der Waals surface area contributed by atoms with Crippen LogP contribution in [0.2, 0.25) is 0 Å². The quantitative estimate of drug-likeness (QED) is 0.279. The Labute approximate surface area is 218 Å². The molecule has 0 amide bonds. The minimum Gasteiger partial charge on any atom is -0.464 e. The molecule has 3 rings (SSSR count). The molecule has 0 aromatic heterocycles. The topological polar surface area (TPSA) is 91.9 Å². The van der Waals surface area contributed by atoms with Crippen LogP contribution in [-0.2, 0) is 14.3 Å². The molecule has 204 valence electrons. The molecule has 0 bridgehead atoms. The summed E-state index contributed by atoms with van der Waals surface area (Å²) in [6.07, 6.45) is 11.7. The SMILES string of the molecule is C=C(C)/C=C\C(=C\C)C1NC(C2CCC(C)CC2C)NC(C2CCC(OCC(=O)OCC)CC2O)N1. The van der Waals surface area contributed by atoms with E-state index in [-0.39, 0.29) is 43.1 Å². The number of esters is 1. The second kappa shape index (κ2) is 13.9. The lowest BCUT2D eigenvalue weighted by Crippen LogP contribution is -2.72. The number of aliphatic hydroxyl groups is 1. The van der Waals surface area contributed by atoms with Crippen LogP contribution in [0.4, 0.5) is 0 Å². The zero-order valence-electron chi connectivity index (χ0n) is 23.0. The fraction of sp³-hybridized carbons (Fsp3) is 0.759. The number of aliphatic hydroxyl groups excluding tert-OH is 1. The van der Waals surface area contributed by atoms with Gasteiger partial charge in [0.05, 0.1) is 37.3 Å². The molecule has 9 unspecified atom stereocenters. The van der Waals surface area contributed by atoms with Crippen molar-refractivity contribution in [3.8, 4) is 0 Å². The van der Waals surface area contributed by atoms with Crippen molar-refractivity contribution in [1.29, 1.82) is 0 Å². The lowest BCUT2D eigenvalue weighted by molar-refractivity contribution is -0.153.